The van der Waals surface area contributed by atoms with E-state index in [2.05, 4.69) is 22.5 Å². The number of H-pyrrole nitrogens is 1. The average molecular weight is 168 g/mol. The number of hydrogen-bond donors (Lipinski definition) is 3. The smallest absolute Gasteiger partial charge is 0.429 e. The number of fused-ring (bicyclic) bond motifs is 1. The fourth-order valence-corrected chi connectivity index (χ4v) is 1.53. The van der Waals surface area contributed by atoms with Crippen molar-refractivity contribution in [2.24, 2.45) is 0 Å². The van der Waals surface area contributed by atoms with E-state index in [1.54, 1.807) is 11.3 Å². The molecule has 0 saturated carbocycles. The Hall–Kier alpha value is -0.775. The zero-order valence-electron chi connectivity index (χ0n) is 5.69. The largest absolute Gasteiger partial charge is 0.482 e. The molecule has 0 atom stereocenters. The lowest BCUT2D eigenvalue weighted by Gasteiger charge is -1.66. The van der Waals surface area contributed by atoms with Crippen molar-refractivity contribution in [3.05, 3.63) is 23.7 Å². The molecule has 0 fully saturated rings. The van der Waals surface area contributed by atoms with Gasteiger partial charge >= 0.3 is 7.69 Å². The molecule has 5 heteroatoms. The number of thiophene rings is 1. The van der Waals surface area contributed by atoms with E-state index >= 15 is 0 Å². The number of hydrogen-bond acceptors (Lipinski definition) is 3. The highest BCUT2D eigenvalue weighted by molar-refractivity contribution is 7.17. The summed E-state index contributed by atoms with van der Waals surface area (Å²) in [5.74, 6) is 0. The van der Waals surface area contributed by atoms with Crippen LogP contribution in [0.2, 0.25) is 0 Å². The third-order valence-electron chi connectivity index (χ3n) is 1.17. The SMILES string of the molecule is O[B]O.c1cc2sccc2[nH]1. The van der Waals surface area contributed by atoms with Gasteiger partial charge in [-0.15, -0.1) is 11.3 Å². The van der Waals surface area contributed by atoms with Crippen molar-refractivity contribution in [3.8, 4) is 0 Å². The van der Waals surface area contributed by atoms with Crippen molar-refractivity contribution in [1.82, 2.24) is 4.98 Å². The first kappa shape index (κ1) is 8.32. The summed E-state index contributed by atoms with van der Waals surface area (Å²) in [5.41, 5.74) is 1.25. The molecule has 1 radical (unpaired) electrons. The molecule has 0 aliphatic carbocycles. The normalized spacial score (nSPS) is 8.91. The van der Waals surface area contributed by atoms with E-state index in [0.717, 1.165) is 0 Å². The number of nitrogens with one attached hydrogen (secondary N) is 1. The molecule has 0 bridgehead atoms. The minimum atomic E-state index is 0. The van der Waals surface area contributed by atoms with Gasteiger partial charge in [0, 0.05) is 6.20 Å². The molecule has 0 aliphatic rings. The zero-order chi connectivity index (χ0) is 8.10. The molecular formula is C6H7BNO2S. The highest BCUT2D eigenvalue weighted by Crippen LogP contribution is 2.17. The molecular weight excluding hydrogens is 161 g/mol. The van der Waals surface area contributed by atoms with Gasteiger partial charge in [-0.3, -0.25) is 0 Å². The molecule has 0 aliphatic heterocycles. The maximum atomic E-state index is 7.00. The summed E-state index contributed by atoms with van der Waals surface area (Å²) < 4.78 is 1.34. The molecule has 0 aromatic carbocycles. The summed E-state index contributed by atoms with van der Waals surface area (Å²) in [6, 6.07) is 4.17. The Kier molecular flexibility index (Phi) is 3.16. The van der Waals surface area contributed by atoms with E-state index in [4.69, 9.17) is 10.0 Å². The van der Waals surface area contributed by atoms with E-state index in [0.29, 0.717) is 0 Å². The average Bonchev–Trinajstić information content (AvgIpc) is 2.44. The lowest BCUT2D eigenvalue weighted by Crippen LogP contribution is -1.75. The Morgan fingerprint density at radius 2 is 2.09 bits per heavy atom. The minimum Gasteiger partial charge on any atom is -0.429 e. The molecule has 2 aromatic heterocycles. The summed E-state index contributed by atoms with van der Waals surface area (Å²) in [6.07, 6.45) is 1.96. The van der Waals surface area contributed by atoms with Gasteiger partial charge in [0.15, 0.2) is 0 Å². The molecule has 3 nitrogen and oxygen atoms in total. The van der Waals surface area contributed by atoms with Crippen LogP contribution in [0.3, 0.4) is 0 Å². The molecule has 2 heterocycles. The van der Waals surface area contributed by atoms with Gasteiger partial charge in [0.05, 0.1) is 10.2 Å². The molecule has 3 N–H and O–H groups in total. The van der Waals surface area contributed by atoms with Crippen molar-refractivity contribution in [3.63, 3.8) is 0 Å². The van der Waals surface area contributed by atoms with E-state index in [-0.39, 0.29) is 7.69 Å². The third-order valence-corrected chi connectivity index (χ3v) is 2.05. The molecule has 2 aromatic rings. The van der Waals surface area contributed by atoms with Crippen LogP contribution in [0.1, 0.15) is 0 Å². The standard InChI is InChI=1S/C6H5NS.BH2O2/c1-3-7-5-2-4-8-6(1)5;2-1-3/h1-4,7H;2-3H. The second-order valence-corrected chi connectivity index (χ2v) is 2.74. The maximum Gasteiger partial charge on any atom is 0.482 e. The first-order chi connectivity index (χ1) is 5.38. The van der Waals surface area contributed by atoms with Crippen LogP contribution in [0.4, 0.5) is 0 Å². The van der Waals surface area contributed by atoms with Crippen LogP contribution in [0.5, 0.6) is 0 Å². The van der Waals surface area contributed by atoms with E-state index in [1.165, 1.54) is 10.2 Å². The summed E-state index contributed by atoms with van der Waals surface area (Å²) >= 11 is 1.76. The summed E-state index contributed by atoms with van der Waals surface area (Å²) in [6.45, 7) is 0. The molecule has 0 saturated heterocycles. The topological polar surface area (TPSA) is 56.2 Å². The van der Waals surface area contributed by atoms with Gasteiger partial charge in [-0.1, -0.05) is 0 Å². The summed E-state index contributed by atoms with van der Waals surface area (Å²) in [4.78, 5) is 3.11. The number of aromatic amines is 1. The molecule has 57 valence electrons. The van der Waals surface area contributed by atoms with Crippen LogP contribution < -0.4 is 0 Å². The van der Waals surface area contributed by atoms with Crippen LogP contribution >= 0.6 is 11.3 Å². The van der Waals surface area contributed by atoms with E-state index in [1.807, 2.05) is 6.20 Å². The van der Waals surface area contributed by atoms with Crippen LogP contribution in [-0.4, -0.2) is 22.7 Å². The van der Waals surface area contributed by atoms with Gasteiger partial charge in [-0.25, -0.2) is 0 Å². The van der Waals surface area contributed by atoms with E-state index in [9.17, 15) is 0 Å². The Morgan fingerprint density at radius 1 is 1.36 bits per heavy atom. The van der Waals surface area contributed by atoms with Gasteiger partial charge < -0.3 is 15.0 Å². The second kappa shape index (κ2) is 4.18. The Labute approximate surface area is 68.6 Å². The minimum absolute atomic E-state index is 0. The molecule has 11 heavy (non-hydrogen) atoms. The number of aromatic nitrogens is 1. The zero-order valence-corrected chi connectivity index (χ0v) is 6.51. The monoisotopic (exact) mass is 168 g/mol. The Balaban J connectivity index is 0.000000179. The third kappa shape index (κ3) is 2.08. The first-order valence-electron chi connectivity index (χ1n) is 2.99. The van der Waals surface area contributed by atoms with Crippen molar-refractivity contribution in [2.75, 3.05) is 0 Å². The van der Waals surface area contributed by atoms with Gasteiger partial charge in [0.25, 0.3) is 0 Å². The van der Waals surface area contributed by atoms with Crippen molar-refractivity contribution < 1.29 is 10.0 Å². The van der Waals surface area contributed by atoms with Gasteiger partial charge in [0.2, 0.25) is 0 Å². The first-order valence-corrected chi connectivity index (χ1v) is 3.87. The summed E-state index contributed by atoms with van der Waals surface area (Å²) in [7, 11) is 0. The van der Waals surface area contributed by atoms with Gasteiger partial charge in [-0.05, 0) is 17.5 Å². The highest BCUT2D eigenvalue weighted by Gasteiger charge is 1.89. The predicted molar refractivity (Wildman–Crippen MR) is 46.4 cm³/mol. The fraction of sp³-hybridized carbons (Fsp3) is 0. The van der Waals surface area contributed by atoms with Crippen LogP contribution in [0.15, 0.2) is 23.7 Å². The number of rotatable bonds is 0. The van der Waals surface area contributed by atoms with E-state index < -0.39 is 0 Å². The Morgan fingerprint density at radius 3 is 2.73 bits per heavy atom. The molecule has 0 amide bonds. The molecule has 0 spiro atoms. The molecule has 0 unspecified atom stereocenters. The van der Waals surface area contributed by atoms with Gasteiger partial charge in [0.1, 0.15) is 0 Å². The predicted octanol–water partition coefficient (Wildman–Crippen LogP) is 0.735. The Bertz CT molecular complexity index is 255. The van der Waals surface area contributed by atoms with Crippen LogP contribution in [0, 0.1) is 0 Å². The van der Waals surface area contributed by atoms with Crippen molar-refractivity contribution in [1.29, 1.82) is 0 Å². The van der Waals surface area contributed by atoms with Crippen molar-refractivity contribution >= 4 is 29.2 Å². The van der Waals surface area contributed by atoms with Gasteiger partial charge in [-0.2, -0.15) is 0 Å². The second-order valence-electron chi connectivity index (χ2n) is 1.79. The van der Waals surface area contributed by atoms with Crippen molar-refractivity contribution in [2.45, 2.75) is 0 Å². The summed E-state index contributed by atoms with van der Waals surface area (Å²) in [5, 5.41) is 16.1. The highest BCUT2D eigenvalue weighted by atomic mass is 32.1. The fourth-order valence-electron chi connectivity index (χ4n) is 0.776. The lowest BCUT2D eigenvalue weighted by atomic mass is 10.5. The quantitative estimate of drug-likeness (QED) is 0.508. The van der Waals surface area contributed by atoms with Crippen LogP contribution in [0.25, 0.3) is 10.2 Å². The van der Waals surface area contributed by atoms with Crippen LogP contribution in [-0.2, 0) is 0 Å². The maximum absolute atomic E-state index is 7.00. The lowest BCUT2D eigenvalue weighted by molar-refractivity contribution is 0.448. The molecule has 2 rings (SSSR count).